The minimum absolute atomic E-state index is 0.0936. The van der Waals surface area contributed by atoms with E-state index in [9.17, 15) is 9.59 Å². The average Bonchev–Trinajstić information content (AvgIpc) is 2.87. The van der Waals surface area contributed by atoms with Crippen LogP contribution < -0.4 is 10.1 Å². The normalized spacial score (nSPS) is 15.8. The van der Waals surface area contributed by atoms with E-state index in [0.29, 0.717) is 17.7 Å². The van der Waals surface area contributed by atoms with Gasteiger partial charge in [0.15, 0.2) is 12.4 Å². The summed E-state index contributed by atoms with van der Waals surface area (Å²) in [5, 5.41) is 2.87. The molecule has 3 rings (SSSR count). The molecule has 0 unspecified atom stereocenters. The van der Waals surface area contributed by atoms with Crippen molar-refractivity contribution in [2.75, 3.05) is 11.9 Å². The number of benzene rings is 2. The summed E-state index contributed by atoms with van der Waals surface area (Å²) in [4.78, 5) is 24.5. The molecule has 1 amide bonds. The molecule has 2 aromatic carbocycles. The molecular weight excluding hydrogens is 314 g/mol. The summed E-state index contributed by atoms with van der Waals surface area (Å²) in [6.45, 7) is 7.91. The van der Waals surface area contributed by atoms with E-state index in [2.05, 4.69) is 5.32 Å². The zero-order valence-electron chi connectivity index (χ0n) is 15.1. The maximum Gasteiger partial charge on any atom is 0.262 e. The van der Waals surface area contributed by atoms with Crippen LogP contribution in [0.2, 0.25) is 0 Å². The lowest BCUT2D eigenvalue weighted by molar-refractivity contribution is -0.118. The van der Waals surface area contributed by atoms with Gasteiger partial charge in [0.2, 0.25) is 0 Å². The monoisotopic (exact) mass is 337 g/mol. The number of rotatable bonds is 4. The fourth-order valence-corrected chi connectivity index (χ4v) is 3.44. The van der Waals surface area contributed by atoms with Crippen molar-refractivity contribution in [3.05, 3.63) is 58.1 Å². The molecule has 0 fully saturated rings. The zero-order chi connectivity index (χ0) is 18.1. The van der Waals surface area contributed by atoms with Crippen LogP contribution in [0.15, 0.2) is 30.3 Å². The van der Waals surface area contributed by atoms with E-state index >= 15 is 0 Å². The summed E-state index contributed by atoms with van der Waals surface area (Å²) in [6.07, 6.45) is 0.505. The van der Waals surface area contributed by atoms with E-state index in [1.165, 1.54) is 0 Å². The third-order valence-corrected chi connectivity index (χ3v) is 4.93. The average molecular weight is 337 g/mol. The second-order valence-electron chi connectivity index (χ2n) is 6.78. The Morgan fingerprint density at radius 1 is 1.16 bits per heavy atom. The third kappa shape index (κ3) is 3.29. The Balaban J connectivity index is 1.73. The van der Waals surface area contributed by atoms with Gasteiger partial charge >= 0.3 is 0 Å². The number of hydrogen-bond acceptors (Lipinski definition) is 3. The van der Waals surface area contributed by atoms with E-state index in [4.69, 9.17) is 4.74 Å². The molecule has 0 spiro atoms. The van der Waals surface area contributed by atoms with Gasteiger partial charge in [-0.05, 0) is 61.1 Å². The summed E-state index contributed by atoms with van der Waals surface area (Å²) >= 11 is 0. The predicted molar refractivity (Wildman–Crippen MR) is 98.6 cm³/mol. The fraction of sp³-hybridized carbons (Fsp3) is 0.333. The first-order valence-electron chi connectivity index (χ1n) is 8.54. The highest BCUT2D eigenvalue weighted by atomic mass is 16.5. The number of amides is 1. The summed E-state index contributed by atoms with van der Waals surface area (Å²) in [5.41, 5.74) is 5.74. The predicted octanol–water partition coefficient (Wildman–Crippen LogP) is 4.32. The number of ether oxygens (including phenoxy) is 1. The summed E-state index contributed by atoms with van der Waals surface area (Å²) in [6, 6.07) is 9.52. The lowest BCUT2D eigenvalue weighted by atomic mass is 9.97. The lowest BCUT2D eigenvalue weighted by Crippen LogP contribution is -2.21. The molecule has 1 N–H and O–H groups in total. The van der Waals surface area contributed by atoms with Crippen molar-refractivity contribution in [1.82, 2.24) is 0 Å². The smallest absolute Gasteiger partial charge is 0.262 e. The Kier molecular flexibility index (Phi) is 4.62. The van der Waals surface area contributed by atoms with Gasteiger partial charge in [-0.2, -0.15) is 0 Å². The van der Waals surface area contributed by atoms with Crippen molar-refractivity contribution in [2.24, 2.45) is 0 Å². The Hall–Kier alpha value is -2.62. The van der Waals surface area contributed by atoms with Crippen molar-refractivity contribution < 1.29 is 14.3 Å². The van der Waals surface area contributed by atoms with E-state index in [1.807, 2.05) is 52.0 Å². The van der Waals surface area contributed by atoms with Crippen LogP contribution in [-0.4, -0.2) is 18.3 Å². The number of Topliss-reactive ketones (excluding diaryl/α,β-unsaturated/α-hetero) is 1. The van der Waals surface area contributed by atoms with Crippen molar-refractivity contribution in [2.45, 2.75) is 40.0 Å². The number of carbonyl (C=O) groups is 2. The van der Waals surface area contributed by atoms with Crippen LogP contribution in [0.4, 0.5) is 5.69 Å². The molecule has 0 heterocycles. The number of aryl methyl sites for hydroxylation is 2. The Labute approximate surface area is 148 Å². The molecule has 0 aromatic heterocycles. The molecule has 1 aliphatic carbocycles. The maximum atomic E-state index is 12.3. The van der Waals surface area contributed by atoms with Crippen LogP contribution in [0.1, 0.15) is 51.9 Å². The zero-order valence-corrected chi connectivity index (χ0v) is 15.1. The van der Waals surface area contributed by atoms with E-state index in [0.717, 1.165) is 27.9 Å². The Bertz CT molecular complexity index is 854. The number of fused-ring (bicyclic) bond motifs is 1. The number of anilines is 1. The van der Waals surface area contributed by atoms with Crippen LogP contribution in [0.3, 0.4) is 0 Å². The quantitative estimate of drug-likeness (QED) is 0.904. The van der Waals surface area contributed by atoms with Crippen LogP contribution in [0.25, 0.3) is 0 Å². The lowest BCUT2D eigenvalue weighted by Gasteiger charge is -2.14. The van der Waals surface area contributed by atoms with Gasteiger partial charge in [-0.25, -0.2) is 0 Å². The third-order valence-electron chi connectivity index (χ3n) is 4.93. The molecular formula is C21H23NO3. The number of carbonyl (C=O) groups excluding carboxylic acids is 2. The van der Waals surface area contributed by atoms with Gasteiger partial charge in [-0.15, -0.1) is 0 Å². The highest BCUT2D eigenvalue weighted by molar-refractivity contribution is 6.04. The highest BCUT2D eigenvalue weighted by Crippen LogP contribution is 2.40. The molecule has 0 bridgehead atoms. The van der Waals surface area contributed by atoms with Gasteiger partial charge in [0, 0.05) is 12.1 Å². The molecule has 0 aliphatic heterocycles. The first-order valence-corrected chi connectivity index (χ1v) is 8.54. The van der Waals surface area contributed by atoms with Crippen LogP contribution >= 0.6 is 0 Å². The number of ketones is 1. The molecule has 0 saturated heterocycles. The molecule has 0 radical (unpaired) electrons. The molecule has 1 aliphatic rings. The summed E-state index contributed by atoms with van der Waals surface area (Å²) in [7, 11) is 0. The van der Waals surface area contributed by atoms with Gasteiger partial charge in [-0.3, -0.25) is 9.59 Å². The molecule has 4 nitrogen and oxygen atoms in total. The Morgan fingerprint density at radius 2 is 1.92 bits per heavy atom. The molecule has 25 heavy (non-hydrogen) atoms. The number of hydrogen-bond donors (Lipinski definition) is 1. The van der Waals surface area contributed by atoms with Crippen LogP contribution in [0, 0.1) is 20.8 Å². The fourth-order valence-electron chi connectivity index (χ4n) is 3.44. The standard InChI is InChI=1S/C21H23NO3/c1-12-6-5-7-16(15(12)4)22-19(24)11-25-18-9-8-13(2)20-14(3)10-17(23)21(18)20/h5-9,14H,10-11H2,1-4H3,(H,22,24)/t14-/m1/s1. The largest absolute Gasteiger partial charge is 0.483 e. The topological polar surface area (TPSA) is 55.4 Å². The molecule has 2 aromatic rings. The summed E-state index contributed by atoms with van der Waals surface area (Å²) in [5.74, 6) is 0.568. The first-order chi connectivity index (χ1) is 11.9. The molecule has 130 valence electrons. The summed E-state index contributed by atoms with van der Waals surface area (Å²) < 4.78 is 5.69. The molecule has 0 saturated carbocycles. The minimum Gasteiger partial charge on any atom is -0.483 e. The SMILES string of the molecule is Cc1cccc(NC(=O)COc2ccc(C)c3c2C(=O)C[C@H]3C)c1C. The van der Waals surface area contributed by atoms with Crippen molar-refractivity contribution in [1.29, 1.82) is 0 Å². The molecule has 4 heteroatoms. The number of nitrogens with one attached hydrogen (secondary N) is 1. The van der Waals surface area contributed by atoms with Gasteiger partial charge in [0.05, 0.1) is 5.56 Å². The van der Waals surface area contributed by atoms with Gasteiger partial charge in [0.25, 0.3) is 5.91 Å². The second-order valence-corrected chi connectivity index (χ2v) is 6.78. The maximum absolute atomic E-state index is 12.3. The van der Waals surface area contributed by atoms with E-state index in [1.54, 1.807) is 6.07 Å². The van der Waals surface area contributed by atoms with Crippen LogP contribution in [0.5, 0.6) is 5.75 Å². The van der Waals surface area contributed by atoms with Crippen molar-refractivity contribution in [3.63, 3.8) is 0 Å². The van der Waals surface area contributed by atoms with Crippen molar-refractivity contribution in [3.8, 4) is 5.75 Å². The van der Waals surface area contributed by atoms with Crippen LogP contribution in [-0.2, 0) is 4.79 Å². The van der Waals surface area contributed by atoms with Gasteiger partial charge in [0.1, 0.15) is 5.75 Å². The highest BCUT2D eigenvalue weighted by Gasteiger charge is 2.31. The van der Waals surface area contributed by atoms with Gasteiger partial charge < -0.3 is 10.1 Å². The van der Waals surface area contributed by atoms with Crippen molar-refractivity contribution >= 4 is 17.4 Å². The van der Waals surface area contributed by atoms with E-state index in [-0.39, 0.29) is 24.2 Å². The Morgan fingerprint density at radius 3 is 2.68 bits per heavy atom. The van der Waals surface area contributed by atoms with E-state index < -0.39 is 0 Å². The first kappa shape index (κ1) is 17.2. The molecule has 1 atom stereocenters. The second kappa shape index (κ2) is 6.71. The minimum atomic E-state index is -0.235. The van der Waals surface area contributed by atoms with Gasteiger partial charge in [-0.1, -0.05) is 25.1 Å².